The highest BCUT2D eigenvalue weighted by atomic mass is 16.5. The maximum atomic E-state index is 5.09. The van der Waals surface area contributed by atoms with E-state index in [2.05, 4.69) is 30.8 Å². The van der Waals surface area contributed by atoms with Gasteiger partial charge in [-0.2, -0.15) is 0 Å². The summed E-state index contributed by atoms with van der Waals surface area (Å²) in [5, 5.41) is 0. The van der Waals surface area contributed by atoms with Crippen LogP contribution in [0.5, 0.6) is 5.88 Å². The van der Waals surface area contributed by atoms with Crippen LogP contribution in [0.1, 0.15) is 11.4 Å². The summed E-state index contributed by atoms with van der Waals surface area (Å²) in [6, 6.07) is 5.97. The molecule has 2 aromatic heterocycles. The van der Waals surface area contributed by atoms with Crippen molar-refractivity contribution in [2.45, 2.75) is 13.5 Å². The first-order chi connectivity index (χ1) is 10.7. The molecule has 6 nitrogen and oxygen atoms in total. The van der Waals surface area contributed by atoms with Gasteiger partial charge in [0.25, 0.3) is 0 Å². The molecule has 0 atom stereocenters. The predicted octanol–water partition coefficient (Wildman–Crippen LogP) is 1.51. The van der Waals surface area contributed by atoms with Crippen LogP contribution >= 0.6 is 0 Å². The number of piperazine rings is 1. The Labute approximate surface area is 130 Å². The van der Waals surface area contributed by atoms with Gasteiger partial charge in [-0.1, -0.05) is 6.07 Å². The molecule has 0 bridgehead atoms. The van der Waals surface area contributed by atoms with E-state index in [1.165, 1.54) is 5.56 Å². The average Bonchev–Trinajstić information content (AvgIpc) is 2.56. The fourth-order valence-electron chi connectivity index (χ4n) is 2.64. The van der Waals surface area contributed by atoms with Crippen LogP contribution in [0.3, 0.4) is 0 Å². The zero-order valence-corrected chi connectivity index (χ0v) is 13.1. The second kappa shape index (κ2) is 6.70. The van der Waals surface area contributed by atoms with Gasteiger partial charge in [-0.15, -0.1) is 0 Å². The number of aryl methyl sites for hydroxylation is 1. The lowest BCUT2D eigenvalue weighted by molar-refractivity contribution is 0.249. The Hall–Kier alpha value is -2.21. The van der Waals surface area contributed by atoms with Crippen molar-refractivity contribution in [1.82, 2.24) is 19.9 Å². The summed E-state index contributed by atoms with van der Waals surface area (Å²) in [5.74, 6) is 2.51. The van der Waals surface area contributed by atoms with Crippen LogP contribution < -0.4 is 9.64 Å². The van der Waals surface area contributed by atoms with E-state index in [0.29, 0.717) is 5.88 Å². The lowest BCUT2D eigenvalue weighted by atomic mass is 10.2. The van der Waals surface area contributed by atoms with Gasteiger partial charge in [-0.25, -0.2) is 15.0 Å². The number of hydrogen-bond acceptors (Lipinski definition) is 6. The minimum absolute atomic E-state index is 0.660. The van der Waals surface area contributed by atoms with E-state index >= 15 is 0 Å². The van der Waals surface area contributed by atoms with E-state index in [0.717, 1.165) is 44.4 Å². The molecule has 0 amide bonds. The molecule has 0 radical (unpaired) electrons. The Bertz CT molecular complexity index is 608. The van der Waals surface area contributed by atoms with E-state index in [1.54, 1.807) is 7.11 Å². The van der Waals surface area contributed by atoms with Crippen molar-refractivity contribution in [2.24, 2.45) is 0 Å². The molecule has 1 aliphatic heterocycles. The van der Waals surface area contributed by atoms with E-state index in [-0.39, 0.29) is 0 Å². The molecular weight excluding hydrogens is 278 g/mol. The molecule has 0 saturated carbocycles. The number of pyridine rings is 1. The van der Waals surface area contributed by atoms with Gasteiger partial charge in [0.2, 0.25) is 5.88 Å². The second-order valence-corrected chi connectivity index (χ2v) is 5.43. The number of aromatic nitrogens is 3. The molecule has 1 saturated heterocycles. The third-order valence-electron chi connectivity index (χ3n) is 3.87. The minimum atomic E-state index is 0.660. The normalized spacial score (nSPS) is 15.8. The van der Waals surface area contributed by atoms with Gasteiger partial charge in [0, 0.05) is 51.2 Å². The van der Waals surface area contributed by atoms with E-state index < -0.39 is 0 Å². The van der Waals surface area contributed by atoms with Gasteiger partial charge in [-0.3, -0.25) is 4.90 Å². The van der Waals surface area contributed by atoms with Crippen LogP contribution in [0.4, 0.5) is 5.82 Å². The summed E-state index contributed by atoms with van der Waals surface area (Å²) in [7, 11) is 1.63. The van der Waals surface area contributed by atoms with Gasteiger partial charge < -0.3 is 9.64 Å². The Balaban J connectivity index is 1.55. The summed E-state index contributed by atoms with van der Waals surface area (Å²) in [5.41, 5.74) is 1.21. The van der Waals surface area contributed by atoms with Crippen molar-refractivity contribution in [3.63, 3.8) is 0 Å². The number of nitrogens with zero attached hydrogens (tertiary/aromatic N) is 5. The topological polar surface area (TPSA) is 54.4 Å². The SMILES string of the molecule is COc1ccc(CN2CCN(c3ccnc(C)n3)CC2)cn1. The summed E-state index contributed by atoms with van der Waals surface area (Å²) >= 11 is 0. The van der Waals surface area contributed by atoms with Crippen molar-refractivity contribution in [1.29, 1.82) is 0 Å². The molecular formula is C16H21N5O. The van der Waals surface area contributed by atoms with Crippen LogP contribution in [-0.4, -0.2) is 53.1 Å². The van der Waals surface area contributed by atoms with Gasteiger partial charge >= 0.3 is 0 Å². The Morgan fingerprint density at radius 2 is 1.91 bits per heavy atom. The highest BCUT2D eigenvalue weighted by Crippen LogP contribution is 2.15. The minimum Gasteiger partial charge on any atom is -0.481 e. The van der Waals surface area contributed by atoms with E-state index in [4.69, 9.17) is 4.74 Å². The predicted molar refractivity (Wildman–Crippen MR) is 85.0 cm³/mol. The molecule has 1 fully saturated rings. The Morgan fingerprint density at radius 1 is 1.09 bits per heavy atom. The molecule has 6 heteroatoms. The molecule has 0 aromatic carbocycles. The molecule has 1 aliphatic rings. The van der Waals surface area contributed by atoms with Crippen molar-refractivity contribution < 1.29 is 4.74 Å². The van der Waals surface area contributed by atoms with Crippen LogP contribution in [0, 0.1) is 6.92 Å². The fraction of sp³-hybridized carbons (Fsp3) is 0.438. The highest BCUT2D eigenvalue weighted by molar-refractivity contribution is 5.38. The number of ether oxygens (including phenoxy) is 1. The van der Waals surface area contributed by atoms with Crippen LogP contribution in [0.2, 0.25) is 0 Å². The summed E-state index contributed by atoms with van der Waals surface area (Å²) in [4.78, 5) is 17.7. The maximum absolute atomic E-state index is 5.09. The first-order valence-corrected chi connectivity index (χ1v) is 7.50. The van der Waals surface area contributed by atoms with Crippen LogP contribution in [0.15, 0.2) is 30.6 Å². The first kappa shape index (κ1) is 14.7. The van der Waals surface area contributed by atoms with E-state index in [9.17, 15) is 0 Å². The fourth-order valence-corrected chi connectivity index (χ4v) is 2.64. The van der Waals surface area contributed by atoms with E-state index in [1.807, 2.05) is 31.5 Å². The molecule has 116 valence electrons. The number of anilines is 1. The van der Waals surface area contributed by atoms with Crippen molar-refractivity contribution in [3.05, 3.63) is 42.0 Å². The zero-order chi connectivity index (χ0) is 15.4. The lowest BCUT2D eigenvalue weighted by Crippen LogP contribution is -2.46. The standard InChI is InChI=1S/C16H21N5O/c1-13-17-6-5-15(19-13)21-9-7-20(8-10-21)12-14-3-4-16(22-2)18-11-14/h3-6,11H,7-10,12H2,1-2H3. The highest BCUT2D eigenvalue weighted by Gasteiger charge is 2.18. The summed E-state index contributed by atoms with van der Waals surface area (Å²) < 4.78 is 5.09. The van der Waals surface area contributed by atoms with Gasteiger partial charge in [0.05, 0.1) is 7.11 Å². The van der Waals surface area contributed by atoms with Crippen molar-refractivity contribution >= 4 is 5.82 Å². The number of rotatable bonds is 4. The monoisotopic (exact) mass is 299 g/mol. The smallest absolute Gasteiger partial charge is 0.212 e. The molecule has 3 rings (SSSR count). The molecule has 0 aliphatic carbocycles. The van der Waals surface area contributed by atoms with Crippen molar-refractivity contribution in [3.8, 4) is 5.88 Å². The third kappa shape index (κ3) is 3.51. The quantitative estimate of drug-likeness (QED) is 0.853. The number of methoxy groups -OCH3 is 1. The Kier molecular flexibility index (Phi) is 4.48. The summed E-state index contributed by atoms with van der Waals surface area (Å²) in [6.07, 6.45) is 3.71. The molecule has 2 aromatic rings. The van der Waals surface area contributed by atoms with Gasteiger partial charge in [-0.05, 0) is 18.6 Å². The molecule has 0 unspecified atom stereocenters. The van der Waals surface area contributed by atoms with Gasteiger partial charge in [0.1, 0.15) is 11.6 Å². The molecule has 0 N–H and O–H groups in total. The van der Waals surface area contributed by atoms with Gasteiger partial charge in [0.15, 0.2) is 0 Å². The largest absolute Gasteiger partial charge is 0.481 e. The number of hydrogen-bond donors (Lipinski definition) is 0. The maximum Gasteiger partial charge on any atom is 0.212 e. The Morgan fingerprint density at radius 3 is 2.55 bits per heavy atom. The second-order valence-electron chi connectivity index (χ2n) is 5.43. The molecule has 3 heterocycles. The van der Waals surface area contributed by atoms with Crippen molar-refractivity contribution in [2.75, 3.05) is 38.2 Å². The zero-order valence-electron chi connectivity index (χ0n) is 13.1. The first-order valence-electron chi connectivity index (χ1n) is 7.50. The third-order valence-corrected chi connectivity index (χ3v) is 3.87. The summed E-state index contributed by atoms with van der Waals surface area (Å²) in [6.45, 7) is 6.87. The average molecular weight is 299 g/mol. The molecule has 0 spiro atoms. The molecule has 22 heavy (non-hydrogen) atoms. The lowest BCUT2D eigenvalue weighted by Gasteiger charge is -2.35. The van der Waals surface area contributed by atoms with Crippen LogP contribution in [0.25, 0.3) is 0 Å². The van der Waals surface area contributed by atoms with Crippen LogP contribution in [-0.2, 0) is 6.54 Å².